The van der Waals surface area contributed by atoms with Gasteiger partial charge in [0.15, 0.2) is 5.82 Å². The molecule has 0 bridgehead atoms. The van der Waals surface area contributed by atoms with Crippen LogP contribution in [-0.4, -0.2) is 30.4 Å². The van der Waals surface area contributed by atoms with Crippen molar-refractivity contribution in [1.29, 1.82) is 0 Å². The van der Waals surface area contributed by atoms with E-state index in [0.717, 1.165) is 21.7 Å². The van der Waals surface area contributed by atoms with Gasteiger partial charge in [-0.15, -0.1) is 0 Å². The molecule has 1 aliphatic carbocycles. The van der Waals surface area contributed by atoms with Crippen molar-refractivity contribution >= 4 is 17.0 Å². The molecule has 1 saturated carbocycles. The molecule has 0 spiro atoms. The normalized spacial score (nSPS) is 17.1. The van der Waals surface area contributed by atoms with Gasteiger partial charge in [0.25, 0.3) is 0 Å². The van der Waals surface area contributed by atoms with Crippen LogP contribution in [0.25, 0.3) is 11.0 Å². The summed E-state index contributed by atoms with van der Waals surface area (Å²) in [7, 11) is 1.52. The molecular formula is C17H18N6O2. The van der Waals surface area contributed by atoms with Gasteiger partial charge in [-0.3, -0.25) is 14.2 Å². The highest BCUT2D eigenvalue weighted by atomic mass is 16.2. The number of imidazole rings is 1. The van der Waals surface area contributed by atoms with E-state index in [9.17, 15) is 9.59 Å². The van der Waals surface area contributed by atoms with Crippen LogP contribution in [0.15, 0.2) is 33.9 Å². The predicted octanol–water partition coefficient (Wildman–Crippen LogP) is 0.647. The third-order valence-corrected chi connectivity index (χ3v) is 5.00. The lowest BCUT2D eigenvalue weighted by molar-refractivity contribution is 0.473. The Morgan fingerprint density at radius 1 is 1.08 bits per heavy atom. The first-order valence-electron chi connectivity index (χ1n) is 8.52. The van der Waals surface area contributed by atoms with Gasteiger partial charge in [0.2, 0.25) is 5.95 Å². The minimum atomic E-state index is -0.581. The second-order valence-electron chi connectivity index (χ2n) is 6.73. The van der Waals surface area contributed by atoms with Crippen LogP contribution in [0.2, 0.25) is 0 Å². The molecule has 1 aromatic carbocycles. The van der Waals surface area contributed by atoms with Gasteiger partial charge in [-0.25, -0.2) is 9.67 Å². The molecule has 0 atom stereocenters. The van der Waals surface area contributed by atoms with Crippen molar-refractivity contribution in [3.63, 3.8) is 0 Å². The molecular weight excluding hydrogens is 320 g/mol. The number of benzene rings is 1. The Hall–Kier alpha value is -2.90. The zero-order chi connectivity index (χ0) is 17.1. The Balaban J connectivity index is 1.62. The van der Waals surface area contributed by atoms with Crippen molar-refractivity contribution in [2.45, 2.75) is 32.0 Å². The van der Waals surface area contributed by atoms with E-state index in [0.29, 0.717) is 31.5 Å². The average molecular weight is 338 g/mol. The van der Waals surface area contributed by atoms with Gasteiger partial charge < -0.3 is 9.47 Å². The van der Waals surface area contributed by atoms with E-state index < -0.39 is 11.1 Å². The molecule has 128 valence electrons. The quantitative estimate of drug-likeness (QED) is 0.641. The Labute approximate surface area is 142 Å². The number of nitrogens with zero attached hydrogens (tertiary/aromatic N) is 6. The van der Waals surface area contributed by atoms with Crippen LogP contribution in [0, 0.1) is 0 Å². The molecule has 0 saturated heterocycles. The van der Waals surface area contributed by atoms with Crippen LogP contribution in [-0.2, 0) is 20.1 Å². The first-order chi connectivity index (χ1) is 12.1. The fraction of sp³-hybridized carbons (Fsp3) is 0.412. The van der Waals surface area contributed by atoms with E-state index >= 15 is 0 Å². The first-order valence-corrected chi connectivity index (χ1v) is 8.52. The molecule has 3 heterocycles. The van der Waals surface area contributed by atoms with E-state index in [1.54, 1.807) is 0 Å². The zero-order valence-corrected chi connectivity index (χ0v) is 13.9. The van der Waals surface area contributed by atoms with Crippen LogP contribution < -0.4 is 16.0 Å². The molecule has 3 aromatic rings. The van der Waals surface area contributed by atoms with Crippen LogP contribution >= 0.6 is 0 Å². The van der Waals surface area contributed by atoms with E-state index in [1.807, 2.05) is 18.2 Å². The lowest BCUT2D eigenvalue weighted by atomic mass is 10.3. The van der Waals surface area contributed by atoms with Gasteiger partial charge in [0.1, 0.15) is 0 Å². The molecule has 0 N–H and O–H groups in total. The Bertz CT molecular complexity index is 1100. The summed E-state index contributed by atoms with van der Waals surface area (Å²) in [6, 6.07) is 8.67. The summed E-state index contributed by atoms with van der Waals surface area (Å²) in [6.45, 7) is 1.56. The molecule has 1 aliphatic heterocycles. The average Bonchev–Trinajstić information content (AvgIpc) is 3.39. The van der Waals surface area contributed by atoms with Crippen LogP contribution in [0.5, 0.6) is 0 Å². The predicted molar refractivity (Wildman–Crippen MR) is 92.8 cm³/mol. The van der Waals surface area contributed by atoms with Crippen molar-refractivity contribution in [2.75, 3.05) is 11.4 Å². The Kier molecular flexibility index (Phi) is 2.92. The molecule has 0 unspecified atom stereocenters. The number of hydrogen-bond donors (Lipinski definition) is 0. The maximum Gasteiger partial charge on any atom is 0.332 e. The monoisotopic (exact) mass is 338 g/mol. The lowest BCUT2D eigenvalue weighted by Gasteiger charge is -2.30. The molecule has 25 heavy (non-hydrogen) atoms. The lowest BCUT2D eigenvalue weighted by Crippen LogP contribution is -2.49. The summed E-state index contributed by atoms with van der Waals surface area (Å²) in [5.41, 5.74) is 1.06. The van der Waals surface area contributed by atoms with Crippen LogP contribution in [0.1, 0.15) is 24.7 Å². The van der Waals surface area contributed by atoms with E-state index in [4.69, 9.17) is 4.98 Å². The summed E-state index contributed by atoms with van der Waals surface area (Å²) in [6.07, 6.45) is 2.34. The Morgan fingerprint density at radius 3 is 2.68 bits per heavy atom. The van der Waals surface area contributed by atoms with Crippen molar-refractivity contribution in [1.82, 2.24) is 23.9 Å². The van der Waals surface area contributed by atoms with Gasteiger partial charge in [0, 0.05) is 26.2 Å². The third kappa shape index (κ3) is 2.13. The number of fused-ring (bicyclic) bond motifs is 2. The van der Waals surface area contributed by atoms with Crippen LogP contribution in [0.3, 0.4) is 0 Å². The Morgan fingerprint density at radius 2 is 1.88 bits per heavy atom. The minimum Gasteiger partial charge on any atom is -0.333 e. The second kappa shape index (κ2) is 5.05. The SMILES string of the molecule is Cn1nc2n(c(=O)c1=O)CCN(c1nc3ccccc3n1C1CC1)C2. The molecule has 8 nitrogen and oxygen atoms in total. The number of aromatic nitrogens is 5. The van der Waals surface area contributed by atoms with Crippen molar-refractivity contribution in [3.05, 3.63) is 50.8 Å². The van der Waals surface area contributed by atoms with Crippen LogP contribution in [0.4, 0.5) is 5.95 Å². The van der Waals surface area contributed by atoms with Gasteiger partial charge in [-0.1, -0.05) is 12.1 Å². The number of aryl methyl sites for hydroxylation is 1. The van der Waals surface area contributed by atoms with Gasteiger partial charge in [-0.2, -0.15) is 5.10 Å². The standard InChI is InChI=1S/C17H18N6O2/c1-20-15(24)16(25)22-9-8-21(10-14(22)19-20)17-18-12-4-2-3-5-13(12)23(17)11-6-7-11/h2-5,11H,6-10H2,1H3. The number of para-hydroxylation sites is 2. The second-order valence-corrected chi connectivity index (χ2v) is 6.73. The number of rotatable bonds is 2. The summed E-state index contributed by atoms with van der Waals surface area (Å²) < 4.78 is 4.93. The topological polar surface area (TPSA) is 78.0 Å². The molecule has 2 aromatic heterocycles. The number of hydrogen-bond acceptors (Lipinski definition) is 5. The van der Waals surface area contributed by atoms with Crippen molar-refractivity contribution in [3.8, 4) is 0 Å². The summed E-state index contributed by atoms with van der Waals surface area (Å²) >= 11 is 0. The van der Waals surface area contributed by atoms with E-state index in [-0.39, 0.29) is 0 Å². The van der Waals surface area contributed by atoms with E-state index in [1.165, 1.54) is 24.5 Å². The van der Waals surface area contributed by atoms with E-state index in [2.05, 4.69) is 20.6 Å². The van der Waals surface area contributed by atoms with Gasteiger partial charge >= 0.3 is 11.1 Å². The third-order valence-electron chi connectivity index (χ3n) is 5.00. The fourth-order valence-corrected chi connectivity index (χ4v) is 3.58. The maximum absolute atomic E-state index is 12.2. The highest BCUT2D eigenvalue weighted by Crippen LogP contribution is 2.41. The zero-order valence-electron chi connectivity index (χ0n) is 13.9. The molecule has 0 amide bonds. The smallest absolute Gasteiger partial charge is 0.332 e. The first kappa shape index (κ1) is 14.4. The largest absolute Gasteiger partial charge is 0.333 e. The van der Waals surface area contributed by atoms with Gasteiger partial charge in [-0.05, 0) is 25.0 Å². The van der Waals surface area contributed by atoms with Gasteiger partial charge in [0.05, 0.1) is 17.6 Å². The van der Waals surface area contributed by atoms with Crippen molar-refractivity contribution in [2.24, 2.45) is 7.05 Å². The van der Waals surface area contributed by atoms with Crippen molar-refractivity contribution < 1.29 is 0 Å². The summed E-state index contributed by atoms with van der Waals surface area (Å²) in [5.74, 6) is 1.53. The minimum absolute atomic E-state index is 0.450. The highest BCUT2D eigenvalue weighted by molar-refractivity contribution is 5.79. The molecule has 8 heteroatoms. The molecule has 0 radical (unpaired) electrons. The highest BCUT2D eigenvalue weighted by Gasteiger charge is 2.31. The summed E-state index contributed by atoms with van der Waals surface area (Å²) in [4.78, 5) is 30.9. The number of anilines is 1. The molecule has 5 rings (SSSR count). The maximum atomic E-state index is 12.2. The summed E-state index contributed by atoms with van der Waals surface area (Å²) in [5, 5.41) is 4.28. The fourth-order valence-electron chi connectivity index (χ4n) is 3.58. The molecule has 1 fully saturated rings. The molecule has 2 aliphatic rings.